The minimum atomic E-state index is -0.615. The van der Waals surface area contributed by atoms with Crippen LogP contribution in [0.4, 0.5) is 0 Å². The van der Waals surface area contributed by atoms with Crippen molar-refractivity contribution in [2.24, 2.45) is 5.73 Å². The summed E-state index contributed by atoms with van der Waals surface area (Å²) in [5, 5.41) is 3.62. The number of carbonyl (C=O) groups is 1. The summed E-state index contributed by atoms with van der Waals surface area (Å²) < 4.78 is 0. The second kappa shape index (κ2) is 9.56. The average Bonchev–Trinajstić information content (AvgIpc) is 2.53. The van der Waals surface area contributed by atoms with Crippen LogP contribution in [0.3, 0.4) is 0 Å². The first kappa shape index (κ1) is 19.5. The molecule has 0 fully saturated rings. The molecule has 0 saturated carbocycles. The Morgan fingerprint density at radius 1 is 1.13 bits per heavy atom. The maximum Gasteiger partial charge on any atom is 0.241 e. The van der Waals surface area contributed by atoms with E-state index in [0.717, 1.165) is 29.0 Å². The Hall–Kier alpha value is -1.55. The van der Waals surface area contributed by atoms with Crippen LogP contribution >= 0.6 is 24.0 Å². The number of halogens is 2. The molecule has 0 heterocycles. The van der Waals surface area contributed by atoms with Crippen molar-refractivity contribution in [1.82, 2.24) is 5.32 Å². The van der Waals surface area contributed by atoms with E-state index in [9.17, 15) is 4.79 Å². The molecular weight excluding hydrogens is 331 g/mol. The Bertz CT molecular complexity index is 612. The summed E-state index contributed by atoms with van der Waals surface area (Å²) in [4.78, 5) is 12.0. The van der Waals surface area contributed by atoms with Crippen LogP contribution < -0.4 is 11.1 Å². The monoisotopic (exact) mass is 352 g/mol. The lowest BCUT2D eigenvalue weighted by atomic mass is 10.1. The van der Waals surface area contributed by atoms with Crippen molar-refractivity contribution in [1.29, 1.82) is 0 Å². The van der Waals surface area contributed by atoms with Crippen LogP contribution in [0.15, 0.2) is 48.5 Å². The summed E-state index contributed by atoms with van der Waals surface area (Å²) in [7, 11) is 0. The van der Waals surface area contributed by atoms with Crippen molar-refractivity contribution in [2.75, 3.05) is 6.54 Å². The van der Waals surface area contributed by atoms with E-state index >= 15 is 0 Å². The van der Waals surface area contributed by atoms with Gasteiger partial charge in [0.15, 0.2) is 0 Å². The molecule has 0 aromatic heterocycles. The van der Waals surface area contributed by atoms with Gasteiger partial charge in [-0.25, -0.2) is 0 Å². The predicted octanol–water partition coefficient (Wildman–Crippen LogP) is 3.82. The highest BCUT2D eigenvalue weighted by Crippen LogP contribution is 2.12. The second-order valence-electron chi connectivity index (χ2n) is 5.41. The van der Waals surface area contributed by atoms with Crippen molar-refractivity contribution >= 4 is 29.9 Å². The third-order valence-electron chi connectivity index (χ3n) is 3.57. The van der Waals surface area contributed by atoms with Gasteiger partial charge >= 0.3 is 0 Å². The number of nitrogens with one attached hydrogen (secondary N) is 1. The zero-order chi connectivity index (χ0) is 15.9. The van der Waals surface area contributed by atoms with Gasteiger partial charge in [0.1, 0.15) is 6.04 Å². The summed E-state index contributed by atoms with van der Waals surface area (Å²) in [6.07, 6.45) is 1.77. The SMILES string of the molecule is Cc1ccc(C(N)C(=O)NCCCc2ccc(Cl)cc2)cc1.Cl. The maximum atomic E-state index is 12.0. The molecule has 2 aromatic carbocycles. The number of aryl methyl sites for hydroxylation is 2. The molecule has 3 nitrogen and oxygen atoms in total. The molecule has 3 N–H and O–H groups in total. The lowest BCUT2D eigenvalue weighted by Gasteiger charge is -2.13. The van der Waals surface area contributed by atoms with E-state index in [4.69, 9.17) is 17.3 Å². The molecule has 23 heavy (non-hydrogen) atoms. The standard InChI is InChI=1S/C18H21ClN2O.ClH/c1-13-4-8-15(9-5-13)17(20)18(22)21-12-2-3-14-6-10-16(19)11-7-14;/h4-11,17H,2-3,12,20H2,1H3,(H,21,22);1H. The Kier molecular flexibility index (Phi) is 8.10. The molecule has 1 amide bonds. The van der Waals surface area contributed by atoms with Gasteiger partial charge in [-0.15, -0.1) is 12.4 Å². The minimum Gasteiger partial charge on any atom is -0.354 e. The van der Waals surface area contributed by atoms with Crippen LogP contribution in [0.25, 0.3) is 0 Å². The van der Waals surface area contributed by atoms with Gasteiger partial charge in [-0.05, 0) is 43.0 Å². The summed E-state index contributed by atoms with van der Waals surface area (Å²) in [6, 6.07) is 14.9. The second-order valence-corrected chi connectivity index (χ2v) is 5.85. The summed E-state index contributed by atoms with van der Waals surface area (Å²) in [5.74, 6) is -0.139. The van der Waals surface area contributed by atoms with Crippen LogP contribution in [-0.2, 0) is 11.2 Å². The molecule has 0 spiro atoms. The van der Waals surface area contributed by atoms with Gasteiger partial charge in [0.05, 0.1) is 0 Å². The van der Waals surface area contributed by atoms with E-state index in [1.165, 1.54) is 5.56 Å². The molecule has 0 bridgehead atoms. The highest BCUT2D eigenvalue weighted by atomic mass is 35.5. The van der Waals surface area contributed by atoms with Crippen LogP contribution in [0.1, 0.15) is 29.2 Å². The Morgan fingerprint density at radius 3 is 2.35 bits per heavy atom. The number of hydrogen-bond donors (Lipinski definition) is 2. The van der Waals surface area contributed by atoms with Crippen LogP contribution in [0.5, 0.6) is 0 Å². The Labute approximate surface area is 148 Å². The molecule has 0 aliphatic rings. The van der Waals surface area contributed by atoms with Gasteiger partial charge in [0.2, 0.25) is 5.91 Å². The lowest BCUT2D eigenvalue weighted by molar-refractivity contribution is -0.122. The molecule has 0 aliphatic carbocycles. The Balaban J connectivity index is 0.00000264. The van der Waals surface area contributed by atoms with E-state index in [1.54, 1.807) is 0 Å². The zero-order valence-corrected chi connectivity index (χ0v) is 14.7. The fourth-order valence-electron chi connectivity index (χ4n) is 2.19. The third kappa shape index (κ3) is 6.22. The number of nitrogens with two attached hydrogens (primary N) is 1. The quantitative estimate of drug-likeness (QED) is 0.776. The van der Waals surface area contributed by atoms with Gasteiger partial charge < -0.3 is 11.1 Å². The smallest absolute Gasteiger partial charge is 0.241 e. The summed E-state index contributed by atoms with van der Waals surface area (Å²) in [5.41, 5.74) is 9.17. The van der Waals surface area contributed by atoms with Crippen molar-refractivity contribution in [3.8, 4) is 0 Å². The van der Waals surface area contributed by atoms with E-state index in [-0.39, 0.29) is 18.3 Å². The number of hydrogen-bond acceptors (Lipinski definition) is 2. The van der Waals surface area contributed by atoms with E-state index in [0.29, 0.717) is 6.54 Å². The van der Waals surface area contributed by atoms with E-state index in [2.05, 4.69) is 5.32 Å². The third-order valence-corrected chi connectivity index (χ3v) is 3.83. The molecule has 0 radical (unpaired) electrons. The van der Waals surface area contributed by atoms with Crippen molar-refractivity contribution < 1.29 is 4.79 Å². The van der Waals surface area contributed by atoms with Crippen molar-refractivity contribution in [3.63, 3.8) is 0 Å². The lowest BCUT2D eigenvalue weighted by Crippen LogP contribution is -2.34. The molecule has 0 saturated heterocycles. The molecule has 0 aliphatic heterocycles. The maximum absolute atomic E-state index is 12.0. The van der Waals surface area contributed by atoms with Gasteiger partial charge in [0.25, 0.3) is 0 Å². The van der Waals surface area contributed by atoms with Gasteiger partial charge in [-0.1, -0.05) is 53.6 Å². The van der Waals surface area contributed by atoms with E-state index < -0.39 is 6.04 Å². The van der Waals surface area contributed by atoms with Gasteiger partial charge in [-0.2, -0.15) is 0 Å². The fourth-order valence-corrected chi connectivity index (χ4v) is 2.32. The van der Waals surface area contributed by atoms with Crippen LogP contribution in [0, 0.1) is 6.92 Å². The van der Waals surface area contributed by atoms with Crippen LogP contribution in [-0.4, -0.2) is 12.5 Å². The number of benzene rings is 2. The zero-order valence-electron chi connectivity index (χ0n) is 13.1. The summed E-state index contributed by atoms with van der Waals surface area (Å²) in [6.45, 7) is 2.62. The molecular formula is C18H22Cl2N2O. The highest BCUT2D eigenvalue weighted by Gasteiger charge is 2.14. The van der Waals surface area contributed by atoms with Crippen molar-refractivity contribution in [2.45, 2.75) is 25.8 Å². The first-order valence-corrected chi connectivity index (χ1v) is 7.78. The predicted molar refractivity (Wildman–Crippen MR) is 98.1 cm³/mol. The number of amides is 1. The molecule has 1 unspecified atom stereocenters. The highest BCUT2D eigenvalue weighted by molar-refractivity contribution is 6.30. The van der Waals surface area contributed by atoms with Crippen molar-refractivity contribution in [3.05, 3.63) is 70.2 Å². The molecule has 2 aromatic rings. The fraction of sp³-hybridized carbons (Fsp3) is 0.278. The minimum absolute atomic E-state index is 0. The number of carbonyl (C=O) groups excluding carboxylic acids is 1. The number of rotatable bonds is 6. The van der Waals surface area contributed by atoms with Crippen LogP contribution in [0.2, 0.25) is 5.02 Å². The molecule has 1 atom stereocenters. The first-order valence-electron chi connectivity index (χ1n) is 7.40. The molecule has 124 valence electrons. The first-order chi connectivity index (χ1) is 10.6. The van der Waals surface area contributed by atoms with E-state index in [1.807, 2.05) is 55.5 Å². The molecule has 2 rings (SSSR count). The summed E-state index contributed by atoms with van der Waals surface area (Å²) >= 11 is 5.85. The molecule has 5 heteroatoms. The largest absolute Gasteiger partial charge is 0.354 e. The normalized spacial score (nSPS) is 11.4. The average molecular weight is 353 g/mol. The Morgan fingerprint density at radius 2 is 1.74 bits per heavy atom. The van der Waals surface area contributed by atoms with Gasteiger partial charge in [-0.3, -0.25) is 4.79 Å². The van der Waals surface area contributed by atoms with Gasteiger partial charge in [0, 0.05) is 11.6 Å². The topological polar surface area (TPSA) is 55.1 Å².